The molecular formula is C15H13FO3. The molecule has 0 radical (unpaired) electrons. The molecule has 0 spiro atoms. The maximum absolute atomic E-state index is 13.2. The van der Waals surface area contributed by atoms with E-state index in [4.69, 9.17) is 9.84 Å². The number of carbonyl (C=O) groups is 1. The molecule has 2 aromatic carbocycles. The summed E-state index contributed by atoms with van der Waals surface area (Å²) in [6.07, 6.45) is 0. The van der Waals surface area contributed by atoms with Crippen molar-refractivity contribution in [2.75, 3.05) is 6.61 Å². The first-order chi connectivity index (χ1) is 9.11. The Kier molecular flexibility index (Phi) is 3.80. The summed E-state index contributed by atoms with van der Waals surface area (Å²) < 4.78 is 18.6. The number of ether oxygens (including phenoxy) is 1. The average Bonchev–Trinajstić information content (AvgIpc) is 2.39. The summed E-state index contributed by atoms with van der Waals surface area (Å²) in [5, 5.41) is 8.85. The first kappa shape index (κ1) is 13.1. The summed E-state index contributed by atoms with van der Waals surface area (Å²) in [5.41, 5.74) is 1.73. The second-order valence-electron chi connectivity index (χ2n) is 3.96. The highest BCUT2D eigenvalue weighted by Gasteiger charge is 2.09. The van der Waals surface area contributed by atoms with Gasteiger partial charge in [0.2, 0.25) is 0 Å². The van der Waals surface area contributed by atoms with Gasteiger partial charge in [0.1, 0.15) is 11.6 Å². The van der Waals surface area contributed by atoms with Crippen LogP contribution >= 0.6 is 0 Å². The van der Waals surface area contributed by atoms with Crippen molar-refractivity contribution in [1.82, 2.24) is 0 Å². The minimum Gasteiger partial charge on any atom is -0.493 e. The van der Waals surface area contributed by atoms with Gasteiger partial charge in [0.05, 0.1) is 12.2 Å². The molecule has 98 valence electrons. The van der Waals surface area contributed by atoms with Crippen LogP contribution in [0.5, 0.6) is 5.75 Å². The van der Waals surface area contributed by atoms with Crippen LogP contribution in [0.1, 0.15) is 17.3 Å². The van der Waals surface area contributed by atoms with Crippen LogP contribution < -0.4 is 4.74 Å². The summed E-state index contributed by atoms with van der Waals surface area (Å²) in [6.45, 7) is 2.26. The standard InChI is InChI=1S/C15H13FO3/c1-2-19-14-9-12(16)7-8-13(14)10-3-5-11(6-4-10)15(17)18/h3-9H,2H2,1H3,(H,17,18). The second kappa shape index (κ2) is 5.52. The molecule has 0 atom stereocenters. The Morgan fingerprint density at radius 2 is 1.89 bits per heavy atom. The summed E-state index contributed by atoms with van der Waals surface area (Å²) in [7, 11) is 0. The van der Waals surface area contributed by atoms with E-state index in [1.165, 1.54) is 24.3 Å². The predicted octanol–water partition coefficient (Wildman–Crippen LogP) is 3.59. The highest BCUT2D eigenvalue weighted by molar-refractivity contribution is 5.88. The predicted molar refractivity (Wildman–Crippen MR) is 70.0 cm³/mol. The van der Waals surface area contributed by atoms with Gasteiger partial charge in [0, 0.05) is 11.6 Å². The average molecular weight is 260 g/mol. The molecule has 0 saturated heterocycles. The molecule has 0 aliphatic rings. The highest BCUT2D eigenvalue weighted by atomic mass is 19.1. The Hall–Kier alpha value is -2.36. The molecule has 2 rings (SSSR count). The topological polar surface area (TPSA) is 46.5 Å². The fraction of sp³-hybridized carbons (Fsp3) is 0.133. The van der Waals surface area contributed by atoms with Gasteiger partial charge in [-0.05, 0) is 36.8 Å². The smallest absolute Gasteiger partial charge is 0.335 e. The fourth-order valence-electron chi connectivity index (χ4n) is 1.80. The largest absolute Gasteiger partial charge is 0.493 e. The Morgan fingerprint density at radius 3 is 2.47 bits per heavy atom. The van der Waals surface area contributed by atoms with E-state index in [1.807, 2.05) is 6.92 Å². The van der Waals surface area contributed by atoms with E-state index in [9.17, 15) is 9.18 Å². The number of halogens is 1. The summed E-state index contributed by atoms with van der Waals surface area (Å²) in [6, 6.07) is 10.7. The van der Waals surface area contributed by atoms with E-state index in [1.54, 1.807) is 18.2 Å². The van der Waals surface area contributed by atoms with E-state index in [0.717, 1.165) is 11.1 Å². The second-order valence-corrected chi connectivity index (χ2v) is 3.96. The molecule has 2 aromatic rings. The third-order valence-electron chi connectivity index (χ3n) is 2.69. The lowest BCUT2D eigenvalue weighted by Crippen LogP contribution is -1.97. The van der Waals surface area contributed by atoms with Crippen molar-refractivity contribution < 1.29 is 19.0 Å². The number of carboxylic acids is 1. The zero-order valence-electron chi connectivity index (χ0n) is 10.4. The summed E-state index contributed by atoms with van der Waals surface area (Å²) in [4.78, 5) is 10.8. The van der Waals surface area contributed by atoms with E-state index in [-0.39, 0.29) is 11.4 Å². The van der Waals surface area contributed by atoms with E-state index in [0.29, 0.717) is 12.4 Å². The van der Waals surface area contributed by atoms with Gasteiger partial charge in [-0.3, -0.25) is 0 Å². The van der Waals surface area contributed by atoms with Gasteiger partial charge in [-0.25, -0.2) is 9.18 Å². The van der Waals surface area contributed by atoms with Crippen molar-refractivity contribution in [2.24, 2.45) is 0 Å². The third kappa shape index (κ3) is 2.91. The van der Waals surface area contributed by atoms with Crippen molar-refractivity contribution >= 4 is 5.97 Å². The number of aromatic carboxylic acids is 1. The molecule has 0 fully saturated rings. The van der Waals surface area contributed by atoms with Crippen LogP contribution in [0.4, 0.5) is 4.39 Å². The van der Waals surface area contributed by atoms with Crippen molar-refractivity contribution in [3.8, 4) is 16.9 Å². The molecule has 0 aliphatic heterocycles. The Labute approximate surface area is 110 Å². The van der Waals surface area contributed by atoms with Crippen LogP contribution in [-0.4, -0.2) is 17.7 Å². The van der Waals surface area contributed by atoms with Crippen molar-refractivity contribution in [1.29, 1.82) is 0 Å². The van der Waals surface area contributed by atoms with Gasteiger partial charge in [0.15, 0.2) is 0 Å². The lowest BCUT2D eigenvalue weighted by molar-refractivity contribution is 0.0697. The van der Waals surface area contributed by atoms with Gasteiger partial charge < -0.3 is 9.84 Å². The summed E-state index contributed by atoms with van der Waals surface area (Å²) >= 11 is 0. The number of carboxylic acid groups (broad SMARTS) is 1. The minimum atomic E-state index is -0.976. The number of hydrogen-bond acceptors (Lipinski definition) is 2. The minimum absolute atomic E-state index is 0.212. The maximum Gasteiger partial charge on any atom is 0.335 e. The van der Waals surface area contributed by atoms with E-state index >= 15 is 0 Å². The lowest BCUT2D eigenvalue weighted by Gasteiger charge is -2.10. The molecule has 0 bridgehead atoms. The molecule has 19 heavy (non-hydrogen) atoms. The van der Waals surface area contributed by atoms with Gasteiger partial charge >= 0.3 is 5.97 Å². The molecule has 0 heterocycles. The number of rotatable bonds is 4. The Balaban J connectivity index is 2.43. The van der Waals surface area contributed by atoms with E-state index < -0.39 is 5.97 Å². The van der Waals surface area contributed by atoms with Crippen LogP contribution in [0.2, 0.25) is 0 Å². The molecule has 0 amide bonds. The van der Waals surface area contributed by atoms with E-state index in [2.05, 4.69) is 0 Å². The van der Waals surface area contributed by atoms with Crippen LogP contribution in [0.15, 0.2) is 42.5 Å². The fourth-order valence-corrected chi connectivity index (χ4v) is 1.80. The summed E-state index contributed by atoms with van der Waals surface area (Å²) in [5.74, 6) is -0.893. The number of benzene rings is 2. The van der Waals surface area contributed by atoms with Crippen LogP contribution in [0, 0.1) is 5.82 Å². The zero-order chi connectivity index (χ0) is 13.8. The monoisotopic (exact) mass is 260 g/mol. The Morgan fingerprint density at radius 1 is 1.21 bits per heavy atom. The third-order valence-corrected chi connectivity index (χ3v) is 2.69. The van der Waals surface area contributed by atoms with Crippen molar-refractivity contribution in [3.05, 3.63) is 53.8 Å². The molecule has 0 unspecified atom stereocenters. The van der Waals surface area contributed by atoms with Crippen molar-refractivity contribution in [2.45, 2.75) is 6.92 Å². The molecule has 0 saturated carbocycles. The Bertz CT molecular complexity index is 591. The lowest BCUT2D eigenvalue weighted by atomic mass is 10.0. The highest BCUT2D eigenvalue weighted by Crippen LogP contribution is 2.31. The van der Waals surface area contributed by atoms with Crippen LogP contribution in [-0.2, 0) is 0 Å². The SMILES string of the molecule is CCOc1cc(F)ccc1-c1ccc(C(=O)O)cc1. The van der Waals surface area contributed by atoms with Gasteiger partial charge in [-0.15, -0.1) is 0 Å². The molecule has 4 heteroatoms. The van der Waals surface area contributed by atoms with Gasteiger partial charge in [-0.1, -0.05) is 12.1 Å². The molecule has 3 nitrogen and oxygen atoms in total. The first-order valence-electron chi connectivity index (χ1n) is 5.88. The van der Waals surface area contributed by atoms with Crippen LogP contribution in [0.25, 0.3) is 11.1 Å². The normalized spacial score (nSPS) is 10.2. The molecule has 0 aromatic heterocycles. The first-order valence-corrected chi connectivity index (χ1v) is 5.88. The molecule has 0 aliphatic carbocycles. The van der Waals surface area contributed by atoms with Gasteiger partial charge in [-0.2, -0.15) is 0 Å². The molecule has 1 N–H and O–H groups in total. The maximum atomic E-state index is 13.2. The van der Waals surface area contributed by atoms with Crippen LogP contribution in [0.3, 0.4) is 0 Å². The van der Waals surface area contributed by atoms with Crippen molar-refractivity contribution in [3.63, 3.8) is 0 Å². The zero-order valence-corrected chi connectivity index (χ0v) is 10.4. The quantitative estimate of drug-likeness (QED) is 0.913. The number of hydrogen-bond donors (Lipinski definition) is 1. The van der Waals surface area contributed by atoms with Gasteiger partial charge in [0.25, 0.3) is 0 Å². The molecular weight excluding hydrogens is 247 g/mol.